The fraction of sp³-hybridized carbons (Fsp3) is 0.385. The summed E-state index contributed by atoms with van der Waals surface area (Å²) < 4.78 is 0. The molecule has 1 saturated heterocycles. The van der Waals surface area contributed by atoms with E-state index < -0.39 is 0 Å². The van der Waals surface area contributed by atoms with Crippen LogP contribution in [0.25, 0.3) is 11.4 Å². The van der Waals surface area contributed by atoms with E-state index in [4.69, 9.17) is 0 Å². The highest BCUT2D eigenvalue weighted by molar-refractivity contribution is 5.60. The molecule has 7 heteroatoms. The normalized spacial score (nSPS) is 16.4. The molecule has 0 radical (unpaired) electrons. The second-order valence-electron chi connectivity index (χ2n) is 4.80. The van der Waals surface area contributed by atoms with Gasteiger partial charge in [-0.3, -0.25) is 4.98 Å². The van der Waals surface area contributed by atoms with Crippen LogP contribution in [-0.2, 0) is 0 Å². The molecule has 3 heterocycles. The van der Waals surface area contributed by atoms with E-state index in [1.54, 1.807) is 24.5 Å². The first-order valence-corrected chi connectivity index (χ1v) is 6.51. The van der Waals surface area contributed by atoms with E-state index in [9.17, 15) is 5.11 Å². The highest BCUT2D eigenvalue weighted by Gasteiger charge is 2.17. The minimum atomic E-state index is 0.0796. The summed E-state index contributed by atoms with van der Waals surface area (Å²) >= 11 is 0. The molecule has 1 aliphatic heterocycles. The Kier molecular flexibility index (Phi) is 3.42. The van der Waals surface area contributed by atoms with Crippen molar-refractivity contribution in [2.75, 3.05) is 38.1 Å². The van der Waals surface area contributed by atoms with E-state index in [0.717, 1.165) is 26.2 Å². The fourth-order valence-electron chi connectivity index (χ4n) is 2.12. The summed E-state index contributed by atoms with van der Waals surface area (Å²) in [4.78, 5) is 12.8. The van der Waals surface area contributed by atoms with E-state index in [1.165, 1.54) is 0 Å². The number of anilines is 1. The zero-order valence-corrected chi connectivity index (χ0v) is 11.3. The van der Waals surface area contributed by atoms with Gasteiger partial charge in [-0.2, -0.15) is 0 Å². The Morgan fingerprint density at radius 2 is 1.90 bits per heavy atom. The van der Waals surface area contributed by atoms with E-state index in [0.29, 0.717) is 17.3 Å². The topological polar surface area (TPSA) is 78.3 Å². The Balaban J connectivity index is 1.80. The number of hydrogen-bond donors (Lipinski definition) is 1. The van der Waals surface area contributed by atoms with Crippen LogP contribution in [0.1, 0.15) is 0 Å². The van der Waals surface area contributed by atoms with Crippen LogP contribution < -0.4 is 4.90 Å². The van der Waals surface area contributed by atoms with Gasteiger partial charge in [-0.15, -0.1) is 10.2 Å². The van der Waals surface area contributed by atoms with Gasteiger partial charge in [0, 0.05) is 32.4 Å². The molecule has 0 spiro atoms. The molecular weight excluding hydrogens is 256 g/mol. The molecule has 1 N–H and O–H groups in total. The maximum atomic E-state index is 9.74. The van der Waals surface area contributed by atoms with Crippen molar-refractivity contribution in [2.45, 2.75) is 0 Å². The number of nitrogens with zero attached hydrogens (tertiary/aromatic N) is 6. The Labute approximate surface area is 116 Å². The summed E-state index contributed by atoms with van der Waals surface area (Å²) in [6, 6.07) is 3.23. The molecule has 3 rings (SSSR count). The molecular formula is C13H16N6O. The number of aromatic nitrogens is 4. The first kappa shape index (κ1) is 12.7. The molecule has 1 aliphatic rings. The molecule has 104 valence electrons. The lowest BCUT2D eigenvalue weighted by Crippen LogP contribution is -2.45. The Morgan fingerprint density at radius 1 is 1.10 bits per heavy atom. The van der Waals surface area contributed by atoms with E-state index in [2.05, 4.69) is 37.0 Å². The second-order valence-corrected chi connectivity index (χ2v) is 4.80. The molecule has 7 nitrogen and oxygen atoms in total. The molecule has 2 aromatic heterocycles. The minimum Gasteiger partial charge on any atom is -0.506 e. The van der Waals surface area contributed by atoms with Crippen molar-refractivity contribution in [3.8, 4) is 17.1 Å². The third kappa shape index (κ3) is 2.53. The highest BCUT2D eigenvalue weighted by atomic mass is 16.3. The largest absolute Gasteiger partial charge is 0.506 e. The molecule has 0 aliphatic carbocycles. The number of rotatable bonds is 2. The number of aromatic hydroxyl groups is 1. The number of likely N-dealkylation sites (N-methyl/N-ethyl adjacent to an activating group) is 1. The molecule has 2 aromatic rings. The van der Waals surface area contributed by atoms with Gasteiger partial charge in [0.05, 0.1) is 6.20 Å². The van der Waals surface area contributed by atoms with Crippen molar-refractivity contribution in [2.24, 2.45) is 0 Å². The maximum absolute atomic E-state index is 9.74. The van der Waals surface area contributed by atoms with Crippen molar-refractivity contribution in [3.05, 3.63) is 24.5 Å². The Morgan fingerprint density at radius 3 is 2.55 bits per heavy atom. The lowest BCUT2D eigenvalue weighted by atomic mass is 10.2. The van der Waals surface area contributed by atoms with Gasteiger partial charge in [-0.25, -0.2) is 4.98 Å². The van der Waals surface area contributed by atoms with Crippen molar-refractivity contribution >= 4 is 5.95 Å². The van der Waals surface area contributed by atoms with Crippen LogP contribution in [0, 0.1) is 0 Å². The lowest BCUT2D eigenvalue weighted by molar-refractivity contribution is 0.311. The molecule has 0 amide bonds. The zero-order valence-electron chi connectivity index (χ0n) is 11.3. The Hall–Kier alpha value is -2.28. The van der Waals surface area contributed by atoms with Crippen molar-refractivity contribution in [1.82, 2.24) is 25.1 Å². The second kappa shape index (κ2) is 5.38. The number of hydrogen-bond acceptors (Lipinski definition) is 7. The van der Waals surface area contributed by atoms with Gasteiger partial charge in [0.1, 0.15) is 17.1 Å². The van der Waals surface area contributed by atoms with Gasteiger partial charge in [0.15, 0.2) is 0 Å². The molecule has 0 bridgehead atoms. The van der Waals surface area contributed by atoms with Crippen LogP contribution in [0.4, 0.5) is 5.95 Å². The summed E-state index contributed by atoms with van der Waals surface area (Å²) in [7, 11) is 2.10. The van der Waals surface area contributed by atoms with Gasteiger partial charge in [-0.1, -0.05) is 0 Å². The predicted octanol–water partition coefficient (Wildman–Crippen LogP) is 0.391. The predicted molar refractivity (Wildman–Crippen MR) is 74.4 cm³/mol. The first-order chi connectivity index (χ1) is 9.74. The van der Waals surface area contributed by atoms with E-state index in [1.807, 2.05) is 0 Å². The first-order valence-electron chi connectivity index (χ1n) is 6.51. The highest BCUT2D eigenvalue weighted by Crippen LogP contribution is 2.23. The molecule has 0 unspecified atom stereocenters. The van der Waals surface area contributed by atoms with Crippen molar-refractivity contribution < 1.29 is 5.11 Å². The standard InChI is InChI=1S/C13H16N6O/c1-18-5-7-19(8-6-18)13-15-9-10(16-17-13)12-11(20)3-2-4-14-12/h2-4,9,20H,5-8H2,1H3. The number of piperazine rings is 1. The van der Waals surface area contributed by atoms with Crippen molar-refractivity contribution in [1.29, 1.82) is 0 Å². The van der Waals surface area contributed by atoms with Crippen LogP contribution in [0.5, 0.6) is 5.75 Å². The van der Waals surface area contributed by atoms with Crippen LogP contribution in [-0.4, -0.2) is 63.4 Å². The average Bonchev–Trinajstić information content (AvgIpc) is 2.49. The summed E-state index contributed by atoms with van der Waals surface area (Å²) in [6.07, 6.45) is 3.20. The molecule has 1 fully saturated rings. The summed E-state index contributed by atoms with van der Waals surface area (Å²) in [6.45, 7) is 3.77. The lowest BCUT2D eigenvalue weighted by Gasteiger charge is -2.31. The van der Waals surface area contributed by atoms with E-state index in [-0.39, 0.29) is 5.75 Å². The van der Waals surface area contributed by atoms with Gasteiger partial charge < -0.3 is 14.9 Å². The smallest absolute Gasteiger partial charge is 0.245 e. The molecule has 20 heavy (non-hydrogen) atoms. The van der Waals surface area contributed by atoms with E-state index >= 15 is 0 Å². The molecule has 0 atom stereocenters. The molecule has 0 saturated carbocycles. The third-order valence-electron chi connectivity index (χ3n) is 3.36. The van der Waals surface area contributed by atoms with Gasteiger partial charge in [0.2, 0.25) is 5.95 Å². The van der Waals surface area contributed by atoms with Gasteiger partial charge in [-0.05, 0) is 19.2 Å². The SMILES string of the molecule is CN1CCN(c2ncc(-c3ncccc3O)nn2)CC1. The Bertz CT molecular complexity index is 580. The summed E-state index contributed by atoms with van der Waals surface area (Å²) in [5.74, 6) is 0.702. The van der Waals surface area contributed by atoms with Gasteiger partial charge >= 0.3 is 0 Å². The maximum Gasteiger partial charge on any atom is 0.245 e. The quantitative estimate of drug-likeness (QED) is 0.847. The minimum absolute atomic E-state index is 0.0796. The van der Waals surface area contributed by atoms with Crippen LogP contribution in [0.3, 0.4) is 0 Å². The van der Waals surface area contributed by atoms with Crippen LogP contribution in [0.15, 0.2) is 24.5 Å². The van der Waals surface area contributed by atoms with Gasteiger partial charge in [0.25, 0.3) is 0 Å². The van der Waals surface area contributed by atoms with Crippen molar-refractivity contribution in [3.63, 3.8) is 0 Å². The number of pyridine rings is 1. The molecule has 0 aromatic carbocycles. The average molecular weight is 272 g/mol. The third-order valence-corrected chi connectivity index (χ3v) is 3.36. The summed E-state index contributed by atoms with van der Waals surface area (Å²) in [5.41, 5.74) is 0.874. The van der Waals surface area contributed by atoms with Crippen LogP contribution in [0.2, 0.25) is 0 Å². The monoisotopic (exact) mass is 272 g/mol. The fourth-order valence-corrected chi connectivity index (χ4v) is 2.12. The van der Waals surface area contributed by atoms with Crippen LogP contribution >= 0.6 is 0 Å². The zero-order chi connectivity index (χ0) is 13.9. The summed E-state index contributed by atoms with van der Waals surface area (Å²) in [5, 5.41) is 18.0.